The highest BCUT2D eigenvalue weighted by Crippen LogP contribution is 2.24. The van der Waals surface area contributed by atoms with Gasteiger partial charge in [0, 0.05) is 6.07 Å². The summed E-state index contributed by atoms with van der Waals surface area (Å²) in [6, 6.07) is 2.56. The van der Waals surface area contributed by atoms with Gasteiger partial charge in [-0.05, 0) is 34.5 Å². The summed E-state index contributed by atoms with van der Waals surface area (Å²) in [7, 11) is 0. The van der Waals surface area contributed by atoms with E-state index in [9.17, 15) is 4.39 Å². The van der Waals surface area contributed by atoms with E-state index in [-0.39, 0.29) is 5.75 Å². The van der Waals surface area contributed by atoms with Crippen LogP contribution < -0.4 is 0 Å². The molecule has 0 radical (unpaired) electrons. The van der Waals surface area contributed by atoms with Crippen molar-refractivity contribution in [3.05, 3.63) is 28.0 Å². The van der Waals surface area contributed by atoms with Crippen LogP contribution >= 0.6 is 15.9 Å². The fourth-order valence-electron chi connectivity index (χ4n) is 0.708. The van der Waals surface area contributed by atoms with E-state index in [1.807, 2.05) is 0 Å². The Morgan fingerprint density at radius 2 is 2.10 bits per heavy atom. The molecule has 0 unspecified atom stereocenters. The topological polar surface area (TPSA) is 20.2 Å². The van der Waals surface area contributed by atoms with Crippen molar-refractivity contribution in [2.24, 2.45) is 0 Å². The molecule has 0 aliphatic rings. The van der Waals surface area contributed by atoms with Crippen LogP contribution in [0.15, 0.2) is 16.6 Å². The molecule has 1 aromatic rings. The molecular weight excluding hydrogens is 199 g/mol. The number of phenolic OH excluding ortho intramolecular Hbond substituents is 1. The van der Waals surface area contributed by atoms with Crippen molar-refractivity contribution in [2.75, 3.05) is 0 Å². The molecule has 0 saturated heterocycles. The second kappa shape index (κ2) is 2.58. The molecule has 0 spiro atoms. The number of hydrogen-bond donors (Lipinski definition) is 1. The Morgan fingerprint density at radius 3 is 2.60 bits per heavy atom. The number of hydrogen-bond acceptors (Lipinski definition) is 1. The van der Waals surface area contributed by atoms with Crippen LogP contribution in [0.25, 0.3) is 0 Å². The minimum Gasteiger partial charge on any atom is -0.508 e. The van der Waals surface area contributed by atoms with Crippen LogP contribution in [0, 0.1) is 12.7 Å². The maximum atomic E-state index is 12.6. The van der Waals surface area contributed by atoms with E-state index in [1.165, 1.54) is 6.07 Å². The molecule has 1 N–H and O–H groups in total. The van der Waals surface area contributed by atoms with E-state index < -0.39 is 5.82 Å². The normalized spacial score (nSPS) is 9.90. The molecule has 0 aromatic heterocycles. The monoisotopic (exact) mass is 204 g/mol. The SMILES string of the molecule is Cc1cc(O)cc(F)c1Br. The molecule has 1 rings (SSSR count). The molecule has 0 bridgehead atoms. The zero-order valence-corrected chi connectivity index (χ0v) is 6.94. The molecule has 0 saturated carbocycles. The maximum Gasteiger partial charge on any atom is 0.141 e. The summed E-state index contributed by atoms with van der Waals surface area (Å²) in [6.07, 6.45) is 0. The van der Waals surface area contributed by atoms with Gasteiger partial charge in [0.05, 0.1) is 4.47 Å². The van der Waals surface area contributed by atoms with Crippen molar-refractivity contribution in [1.29, 1.82) is 0 Å². The van der Waals surface area contributed by atoms with E-state index in [2.05, 4.69) is 15.9 Å². The first-order valence-electron chi connectivity index (χ1n) is 2.76. The van der Waals surface area contributed by atoms with Crippen molar-refractivity contribution in [2.45, 2.75) is 6.92 Å². The molecule has 0 aliphatic carbocycles. The summed E-state index contributed by atoms with van der Waals surface area (Å²) < 4.78 is 13.0. The molecule has 0 amide bonds. The maximum absolute atomic E-state index is 12.6. The fourth-order valence-corrected chi connectivity index (χ4v) is 0.937. The van der Waals surface area contributed by atoms with Crippen molar-refractivity contribution in [3.8, 4) is 5.75 Å². The third-order valence-corrected chi connectivity index (χ3v) is 2.20. The van der Waals surface area contributed by atoms with Gasteiger partial charge in [-0.3, -0.25) is 0 Å². The Morgan fingerprint density at radius 1 is 1.50 bits per heavy atom. The quantitative estimate of drug-likeness (QED) is 0.690. The van der Waals surface area contributed by atoms with Crippen LogP contribution in [0.2, 0.25) is 0 Å². The number of halogens is 2. The lowest BCUT2D eigenvalue weighted by Gasteiger charge is -1.99. The Hall–Kier alpha value is -0.570. The van der Waals surface area contributed by atoms with E-state index >= 15 is 0 Å². The van der Waals surface area contributed by atoms with Gasteiger partial charge in [0.1, 0.15) is 11.6 Å². The van der Waals surface area contributed by atoms with E-state index in [4.69, 9.17) is 5.11 Å². The largest absolute Gasteiger partial charge is 0.508 e. The Kier molecular flexibility index (Phi) is 1.94. The van der Waals surface area contributed by atoms with Gasteiger partial charge in [-0.15, -0.1) is 0 Å². The standard InChI is InChI=1S/C7H6BrFO/c1-4-2-5(10)3-6(9)7(4)8/h2-3,10H,1H3. The summed E-state index contributed by atoms with van der Waals surface area (Å²) in [6.45, 7) is 1.72. The summed E-state index contributed by atoms with van der Waals surface area (Å²) in [5.74, 6) is -0.476. The average molecular weight is 205 g/mol. The number of aromatic hydroxyl groups is 1. The van der Waals surface area contributed by atoms with Gasteiger partial charge in [0.25, 0.3) is 0 Å². The second-order valence-corrected chi connectivity index (χ2v) is 2.85. The van der Waals surface area contributed by atoms with Crippen LogP contribution in [0.5, 0.6) is 5.75 Å². The average Bonchev–Trinajstić information content (AvgIpc) is 1.82. The van der Waals surface area contributed by atoms with Crippen molar-refractivity contribution in [3.63, 3.8) is 0 Å². The Balaban J connectivity index is 3.31. The van der Waals surface area contributed by atoms with Crippen molar-refractivity contribution in [1.82, 2.24) is 0 Å². The Bertz CT molecular complexity index is 237. The van der Waals surface area contributed by atoms with Gasteiger partial charge in [-0.25, -0.2) is 4.39 Å². The molecule has 0 aliphatic heterocycles. The van der Waals surface area contributed by atoms with Gasteiger partial charge < -0.3 is 5.11 Å². The highest BCUT2D eigenvalue weighted by atomic mass is 79.9. The third kappa shape index (κ3) is 1.29. The molecule has 1 aromatic carbocycles. The minimum atomic E-state index is -0.433. The molecule has 0 atom stereocenters. The van der Waals surface area contributed by atoms with Crippen LogP contribution in [0.4, 0.5) is 4.39 Å². The number of phenols is 1. The van der Waals surface area contributed by atoms with E-state index in [0.717, 1.165) is 6.07 Å². The predicted octanol–water partition coefficient (Wildman–Crippen LogP) is 2.60. The third-order valence-electron chi connectivity index (χ3n) is 1.19. The first kappa shape index (κ1) is 7.54. The summed E-state index contributed by atoms with van der Waals surface area (Å²) in [5.41, 5.74) is 0.692. The van der Waals surface area contributed by atoms with Gasteiger partial charge in [0.15, 0.2) is 0 Å². The van der Waals surface area contributed by atoms with Crippen LogP contribution in [-0.4, -0.2) is 5.11 Å². The zero-order valence-electron chi connectivity index (χ0n) is 5.36. The lowest BCUT2D eigenvalue weighted by atomic mass is 10.2. The molecule has 1 nitrogen and oxygen atoms in total. The lowest BCUT2D eigenvalue weighted by Crippen LogP contribution is -1.81. The number of aryl methyl sites for hydroxylation is 1. The Labute approximate surface area is 66.6 Å². The molecular formula is C7H6BrFO. The van der Waals surface area contributed by atoms with Gasteiger partial charge in [-0.2, -0.15) is 0 Å². The molecule has 0 fully saturated rings. The minimum absolute atomic E-state index is 0.0433. The fraction of sp³-hybridized carbons (Fsp3) is 0.143. The second-order valence-electron chi connectivity index (χ2n) is 2.06. The molecule has 54 valence electrons. The van der Waals surface area contributed by atoms with Gasteiger partial charge in [0.2, 0.25) is 0 Å². The molecule has 3 heteroatoms. The van der Waals surface area contributed by atoms with E-state index in [1.54, 1.807) is 6.92 Å². The predicted molar refractivity (Wildman–Crippen MR) is 40.5 cm³/mol. The van der Waals surface area contributed by atoms with Gasteiger partial charge >= 0.3 is 0 Å². The summed E-state index contributed by atoms with van der Waals surface area (Å²) >= 11 is 3.03. The lowest BCUT2D eigenvalue weighted by molar-refractivity contribution is 0.468. The highest BCUT2D eigenvalue weighted by Gasteiger charge is 2.02. The van der Waals surface area contributed by atoms with Crippen LogP contribution in [0.3, 0.4) is 0 Å². The van der Waals surface area contributed by atoms with Gasteiger partial charge in [-0.1, -0.05) is 0 Å². The smallest absolute Gasteiger partial charge is 0.141 e. The van der Waals surface area contributed by atoms with Crippen LogP contribution in [0.1, 0.15) is 5.56 Å². The number of benzene rings is 1. The highest BCUT2D eigenvalue weighted by molar-refractivity contribution is 9.10. The first-order valence-corrected chi connectivity index (χ1v) is 3.55. The van der Waals surface area contributed by atoms with Crippen molar-refractivity contribution < 1.29 is 9.50 Å². The molecule has 10 heavy (non-hydrogen) atoms. The van der Waals surface area contributed by atoms with E-state index in [0.29, 0.717) is 10.0 Å². The first-order chi connectivity index (χ1) is 4.61. The summed E-state index contributed by atoms with van der Waals surface area (Å²) in [4.78, 5) is 0. The number of rotatable bonds is 0. The zero-order chi connectivity index (χ0) is 7.72. The summed E-state index contributed by atoms with van der Waals surface area (Å²) in [5, 5.41) is 8.86. The van der Waals surface area contributed by atoms with Crippen molar-refractivity contribution >= 4 is 15.9 Å². The van der Waals surface area contributed by atoms with Crippen LogP contribution in [-0.2, 0) is 0 Å². The molecule has 0 heterocycles.